The molecule has 0 fully saturated rings. The summed E-state index contributed by atoms with van der Waals surface area (Å²) < 4.78 is 0. The van der Waals surface area contributed by atoms with Crippen LogP contribution < -0.4 is 5.32 Å². The van der Waals surface area contributed by atoms with Crippen LogP contribution in [0.15, 0.2) is 65.7 Å². The van der Waals surface area contributed by atoms with Gasteiger partial charge in [-0.15, -0.1) is 0 Å². The minimum Gasteiger partial charge on any atom is -0.338 e. The number of carbonyl (C=O) groups is 1. The minimum atomic E-state index is -0.503. The third-order valence-corrected chi connectivity index (χ3v) is 6.68. The molecule has 0 saturated heterocycles. The molecule has 9 heteroatoms. The largest absolute Gasteiger partial charge is 0.338 e. The Labute approximate surface area is 210 Å². The van der Waals surface area contributed by atoms with Gasteiger partial charge in [0.2, 0.25) is 5.91 Å². The van der Waals surface area contributed by atoms with Gasteiger partial charge in [-0.2, -0.15) is 16.4 Å². The zero-order chi connectivity index (χ0) is 24.9. The van der Waals surface area contributed by atoms with Crippen molar-refractivity contribution in [3.8, 4) is 33.8 Å². The standard InChI is InChI=1S/C27H23N7OS/c1-27(2,3)26(35)30-17-10-16(12-28-13-17)20-4-5-21-23(31-20)24(34-33-21)22-11-19-18(15-7-9-36-14-15)6-8-29-25(19)32-22/h4-14H,1-3H3,(H,29,32)(H,30,35)(H,33,34). The molecule has 3 N–H and O–H groups in total. The van der Waals surface area contributed by atoms with E-state index >= 15 is 0 Å². The molecule has 0 atom stereocenters. The van der Waals surface area contributed by atoms with E-state index in [4.69, 9.17) is 4.98 Å². The molecule has 8 nitrogen and oxygen atoms in total. The van der Waals surface area contributed by atoms with Gasteiger partial charge in [0.25, 0.3) is 0 Å². The van der Waals surface area contributed by atoms with Crippen LogP contribution in [-0.4, -0.2) is 36.0 Å². The first-order chi connectivity index (χ1) is 17.4. The van der Waals surface area contributed by atoms with Crippen molar-refractivity contribution in [2.75, 3.05) is 5.32 Å². The van der Waals surface area contributed by atoms with Crippen LogP contribution in [0.4, 0.5) is 5.69 Å². The van der Waals surface area contributed by atoms with Crippen LogP contribution in [0.25, 0.3) is 55.8 Å². The molecular formula is C27H23N7OS. The van der Waals surface area contributed by atoms with Crippen molar-refractivity contribution in [1.82, 2.24) is 30.1 Å². The second kappa shape index (κ2) is 8.39. The van der Waals surface area contributed by atoms with E-state index in [2.05, 4.69) is 53.4 Å². The van der Waals surface area contributed by atoms with Crippen molar-refractivity contribution in [3.63, 3.8) is 0 Å². The van der Waals surface area contributed by atoms with Gasteiger partial charge in [-0.05, 0) is 58.3 Å². The quantitative estimate of drug-likeness (QED) is 0.268. The van der Waals surface area contributed by atoms with Crippen molar-refractivity contribution in [2.45, 2.75) is 20.8 Å². The van der Waals surface area contributed by atoms with Crippen LogP contribution in [0.5, 0.6) is 0 Å². The molecule has 0 aliphatic rings. The highest BCUT2D eigenvalue weighted by Gasteiger charge is 2.21. The highest BCUT2D eigenvalue weighted by atomic mass is 32.1. The van der Waals surface area contributed by atoms with Crippen molar-refractivity contribution in [3.05, 3.63) is 65.7 Å². The van der Waals surface area contributed by atoms with Gasteiger partial charge in [-0.1, -0.05) is 20.8 Å². The Bertz CT molecular complexity index is 1720. The molecule has 0 aliphatic carbocycles. The van der Waals surface area contributed by atoms with E-state index in [9.17, 15) is 4.79 Å². The molecule has 0 bridgehead atoms. The second-order valence-electron chi connectivity index (χ2n) is 9.65. The summed E-state index contributed by atoms with van der Waals surface area (Å²) in [6, 6.07) is 12.0. The number of fused-ring (bicyclic) bond motifs is 2. The summed E-state index contributed by atoms with van der Waals surface area (Å²) in [7, 11) is 0. The van der Waals surface area contributed by atoms with Gasteiger partial charge < -0.3 is 10.3 Å². The van der Waals surface area contributed by atoms with E-state index < -0.39 is 5.41 Å². The Morgan fingerprint density at radius 1 is 1.06 bits per heavy atom. The van der Waals surface area contributed by atoms with E-state index in [1.165, 1.54) is 0 Å². The summed E-state index contributed by atoms with van der Waals surface area (Å²) in [6.45, 7) is 5.62. The number of rotatable bonds is 4. The normalized spacial score (nSPS) is 11.9. The minimum absolute atomic E-state index is 0.0729. The summed E-state index contributed by atoms with van der Waals surface area (Å²) in [6.07, 6.45) is 5.19. The number of nitrogens with zero attached hydrogens (tertiary/aromatic N) is 4. The van der Waals surface area contributed by atoms with Gasteiger partial charge in [-0.25, -0.2) is 9.97 Å². The Morgan fingerprint density at radius 2 is 1.94 bits per heavy atom. The monoisotopic (exact) mass is 493 g/mol. The maximum atomic E-state index is 12.4. The average molecular weight is 494 g/mol. The number of nitrogens with one attached hydrogen (secondary N) is 3. The highest BCUT2D eigenvalue weighted by molar-refractivity contribution is 7.08. The van der Waals surface area contributed by atoms with Crippen LogP contribution in [0.2, 0.25) is 0 Å². The molecule has 6 rings (SSSR count). The summed E-state index contributed by atoms with van der Waals surface area (Å²) in [4.78, 5) is 29.6. The third-order valence-electron chi connectivity index (χ3n) is 6.00. The molecule has 0 spiro atoms. The van der Waals surface area contributed by atoms with Gasteiger partial charge in [-0.3, -0.25) is 14.9 Å². The van der Waals surface area contributed by atoms with Crippen LogP contribution in [0.3, 0.4) is 0 Å². The number of H-pyrrole nitrogens is 2. The van der Waals surface area contributed by atoms with Crippen LogP contribution >= 0.6 is 11.3 Å². The molecule has 0 saturated carbocycles. The van der Waals surface area contributed by atoms with Gasteiger partial charge in [0.05, 0.1) is 28.8 Å². The number of carbonyl (C=O) groups excluding carboxylic acids is 1. The third kappa shape index (κ3) is 3.93. The Hall–Kier alpha value is -4.37. The molecule has 1 amide bonds. The number of amides is 1. The molecule has 0 radical (unpaired) electrons. The van der Waals surface area contributed by atoms with Gasteiger partial charge in [0.15, 0.2) is 0 Å². The lowest BCUT2D eigenvalue weighted by Crippen LogP contribution is -2.27. The summed E-state index contributed by atoms with van der Waals surface area (Å²) in [5.41, 5.74) is 7.85. The Morgan fingerprint density at radius 3 is 2.75 bits per heavy atom. The number of pyridine rings is 3. The van der Waals surface area contributed by atoms with Crippen molar-refractivity contribution >= 4 is 45.0 Å². The molecule has 36 heavy (non-hydrogen) atoms. The first-order valence-corrected chi connectivity index (χ1v) is 12.4. The number of hydrogen-bond acceptors (Lipinski definition) is 6. The number of thiophene rings is 1. The van der Waals surface area contributed by atoms with Gasteiger partial charge >= 0.3 is 0 Å². The molecule has 6 heterocycles. The Kier molecular flexibility index (Phi) is 5.15. The average Bonchev–Trinajstić information content (AvgIpc) is 3.62. The maximum Gasteiger partial charge on any atom is 0.229 e. The highest BCUT2D eigenvalue weighted by Crippen LogP contribution is 2.34. The zero-order valence-corrected chi connectivity index (χ0v) is 20.8. The van der Waals surface area contributed by atoms with E-state index in [0.717, 1.165) is 50.1 Å². The summed E-state index contributed by atoms with van der Waals surface area (Å²) >= 11 is 1.67. The maximum absolute atomic E-state index is 12.4. The molecule has 6 aromatic heterocycles. The van der Waals surface area contributed by atoms with Crippen molar-refractivity contribution in [1.29, 1.82) is 0 Å². The lowest BCUT2D eigenvalue weighted by atomic mass is 9.95. The van der Waals surface area contributed by atoms with E-state index in [1.807, 2.05) is 51.2 Å². The van der Waals surface area contributed by atoms with E-state index in [0.29, 0.717) is 11.4 Å². The van der Waals surface area contributed by atoms with Crippen molar-refractivity contribution < 1.29 is 4.79 Å². The molecular weight excluding hydrogens is 470 g/mol. The van der Waals surface area contributed by atoms with Crippen molar-refractivity contribution in [2.24, 2.45) is 5.41 Å². The van der Waals surface area contributed by atoms with Gasteiger partial charge in [0.1, 0.15) is 16.9 Å². The lowest BCUT2D eigenvalue weighted by molar-refractivity contribution is -0.123. The van der Waals surface area contributed by atoms with Gasteiger partial charge in [0, 0.05) is 28.8 Å². The number of aromatic amines is 2. The molecule has 6 aromatic rings. The molecule has 0 aliphatic heterocycles. The van der Waals surface area contributed by atoms with E-state index in [-0.39, 0.29) is 5.91 Å². The predicted molar refractivity (Wildman–Crippen MR) is 144 cm³/mol. The zero-order valence-electron chi connectivity index (χ0n) is 20.0. The molecule has 0 aromatic carbocycles. The number of hydrogen-bond donors (Lipinski definition) is 3. The number of aromatic nitrogens is 6. The van der Waals surface area contributed by atoms with Crippen LogP contribution in [-0.2, 0) is 4.79 Å². The SMILES string of the molecule is CC(C)(C)C(=O)Nc1cncc(-c2ccc3[nH]nc(-c4cc5c(-c6ccsc6)ccnc5[nH]4)c3n2)c1. The lowest BCUT2D eigenvalue weighted by Gasteiger charge is -2.17. The number of anilines is 1. The molecule has 0 unspecified atom stereocenters. The Balaban J connectivity index is 1.40. The fourth-order valence-electron chi connectivity index (χ4n) is 4.04. The van der Waals surface area contributed by atoms with Crippen LogP contribution in [0, 0.1) is 5.41 Å². The summed E-state index contributed by atoms with van der Waals surface area (Å²) in [5.74, 6) is -0.0729. The van der Waals surface area contributed by atoms with Crippen LogP contribution in [0.1, 0.15) is 20.8 Å². The fraction of sp³-hybridized carbons (Fsp3) is 0.148. The second-order valence-corrected chi connectivity index (χ2v) is 10.4. The fourth-order valence-corrected chi connectivity index (χ4v) is 4.69. The topological polar surface area (TPSA) is 112 Å². The first kappa shape index (κ1) is 22.1. The smallest absolute Gasteiger partial charge is 0.229 e. The molecule has 178 valence electrons. The predicted octanol–water partition coefficient (Wildman–Crippen LogP) is 6.28. The van der Waals surface area contributed by atoms with E-state index in [1.54, 1.807) is 23.7 Å². The first-order valence-electron chi connectivity index (χ1n) is 11.5. The summed E-state index contributed by atoms with van der Waals surface area (Å²) in [5, 5.41) is 15.8.